The lowest BCUT2D eigenvalue weighted by Crippen LogP contribution is -2.40. The fourth-order valence-electron chi connectivity index (χ4n) is 3.10. The molecule has 0 radical (unpaired) electrons. The van der Waals surface area contributed by atoms with Crippen LogP contribution in [-0.4, -0.2) is 62.9 Å². The fraction of sp³-hybridized carbons (Fsp3) is 0.381. The quantitative estimate of drug-likeness (QED) is 0.747. The second kappa shape index (κ2) is 9.49. The minimum atomic E-state index is -3.54. The Morgan fingerprint density at radius 2 is 1.72 bits per heavy atom. The number of sulfonamides is 1. The first-order valence-corrected chi connectivity index (χ1v) is 11.0. The van der Waals surface area contributed by atoms with Gasteiger partial charge in [0.05, 0.1) is 24.2 Å². The summed E-state index contributed by atoms with van der Waals surface area (Å²) in [5.74, 6) is -0.146. The molecule has 1 amide bonds. The number of likely N-dealkylation sites (N-methyl/N-ethyl adjacent to an activating group) is 1. The van der Waals surface area contributed by atoms with Crippen molar-refractivity contribution in [3.05, 3.63) is 60.2 Å². The number of nitrogens with one attached hydrogen (secondary N) is 1. The Morgan fingerprint density at radius 1 is 1.10 bits per heavy atom. The van der Waals surface area contributed by atoms with Crippen LogP contribution in [0, 0.1) is 0 Å². The van der Waals surface area contributed by atoms with E-state index in [9.17, 15) is 13.2 Å². The van der Waals surface area contributed by atoms with Crippen molar-refractivity contribution < 1.29 is 17.9 Å². The van der Waals surface area contributed by atoms with E-state index >= 15 is 0 Å². The number of rotatable bonds is 7. The maximum Gasteiger partial charge on any atom is 0.243 e. The number of anilines is 1. The number of ether oxygens (including phenoxy) is 1. The maximum atomic E-state index is 12.7. The molecule has 156 valence electrons. The van der Waals surface area contributed by atoms with Gasteiger partial charge in [0.2, 0.25) is 15.9 Å². The van der Waals surface area contributed by atoms with E-state index < -0.39 is 10.0 Å². The first-order valence-electron chi connectivity index (χ1n) is 9.61. The lowest BCUT2D eigenvalue weighted by atomic mass is 10.2. The largest absolute Gasteiger partial charge is 0.379 e. The summed E-state index contributed by atoms with van der Waals surface area (Å²) in [7, 11) is -1.64. The molecule has 0 spiro atoms. The predicted octanol–water partition coefficient (Wildman–Crippen LogP) is 2.17. The van der Waals surface area contributed by atoms with Gasteiger partial charge in [-0.25, -0.2) is 8.42 Å². The van der Waals surface area contributed by atoms with Crippen molar-refractivity contribution in [1.82, 2.24) is 9.21 Å². The molecule has 7 nitrogen and oxygen atoms in total. The van der Waals surface area contributed by atoms with E-state index in [0.29, 0.717) is 38.5 Å². The summed E-state index contributed by atoms with van der Waals surface area (Å²) in [5, 5.41) is 2.86. The SMILES string of the molecule is C[C@H](C(=O)Nc1ccc(S(=O)(=O)N2CCOCC2)cc1)N(C)Cc1ccccc1. The summed E-state index contributed by atoms with van der Waals surface area (Å²) >= 11 is 0. The third-order valence-electron chi connectivity index (χ3n) is 5.05. The van der Waals surface area contributed by atoms with Crippen molar-refractivity contribution in [2.75, 3.05) is 38.7 Å². The zero-order valence-corrected chi connectivity index (χ0v) is 17.6. The monoisotopic (exact) mass is 417 g/mol. The van der Waals surface area contributed by atoms with Crippen molar-refractivity contribution in [2.24, 2.45) is 0 Å². The number of amides is 1. The van der Waals surface area contributed by atoms with Crippen molar-refractivity contribution in [3.8, 4) is 0 Å². The Bertz CT molecular complexity index is 911. The Kier molecular flexibility index (Phi) is 7.02. The summed E-state index contributed by atoms with van der Waals surface area (Å²) in [6.07, 6.45) is 0. The zero-order valence-electron chi connectivity index (χ0n) is 16.7. The van der Waals surface area contributed by atoms with Gasteiger partial charge in [-0.2, -0.15) is 4.31 Å². The molecule has 1 atom stereocenters. The van der Waals surface area contributed by atoms with Gasteiger partial charge in [-0.3, -0.25) is 9.69 Å². The number of carbonyl (C=O) groups excluding carboxylic acids is 1. The van der Waals surface area contributed by atoms with Crippen LogP contribution in [0.25, 0.3) is 0 Å². The van der Waals surface area contributed by atoms with Crippen molar-refractivity contribution in [3.63, 3.8) is 0 Å². The number of hydrogen-bond donors (Lipinski definition) is 1. The minimum Gasteiger partial charge on any atom is -0.379 e. The van der Waals surface area contributed by atoms with Crippen LogP contribution in [0.4, 0.5) is 5.69 Å². The third-order valence-corrected chi connectivity index (χ3v) is 6.96. The summed E-state index contributed by atoms with van der Waals surface area (Å²) in [5.41, 5.74) is 1.70. The van der Waals surface area contributed by atoms with Gasteiger partial charge in [0.25, 0.3) is 0 Å². The van der Waals surface area contributed by atoms with E-state index in [4.69, 9.17) is 4.74 Å². The number of hydrogen-bond acceptors (Lipinski definition) is 5. The molecule has 1 aliphatic heterocycles. The van der Waals surface area contributed by atoms with Crippen LogP contribution in [0.2, 0.25) is 0 Å². The first kappa shape index (κ1) is 21.4. The number of morpholine rings is 1. The van der Waals surface area contributed by atoms with Gasteiger partial charge in [-0.05, 0) is 43.8 Å². The van der Waals surface area contributed by atoms with Crippen LogP contribution in [0.3, 0.4) is 0 Å². The average molecular weight is 418 g/mol. The molecule has 0 bridgehead atoms. The number of benzene rings is 2. The molecular formula is C21H27N3O4S. The predicted molar refractivity (Wildman–Crippen MR) is 112 cm³/mol. The van der Waals surface area contributed by atoms with E-state index in [0.717, 1.165) is 5.56 Å². The lowest BCUT2D eigenvalue weighted by Gasteiger charge is -2.26. The molecule has 1 N–H and O–H groups in total. The summed E-state index contributed by atoms with van der Waals surface area (Å²) in [6, 6.07) is 15.9. The molecule has 0 saturated carbocycles. The standard InChI is InChI=1S/C21H27N3O4S/c1-17(23(2)16-18-6-4-3-5-7-18)21(25)22-19-8-10-20(11-9-19)29(26,27)24-12-14-28-15-13-24/h3-11,17H,12-16H2,1-2H3,(H,22,25)/t17-/m1/s1. The molecule has 2 aromatic rings. The summed E-state index contributed by atoms with van der Waals surface area (Å²) in [6.45, 7) is 4.02. The summed E-state index contributed by atoms with van der Waals surface area (Å²) in [4.78, 5) is 14.8. The Hall–Kier alpha value is -2.26. The second-order valence-electron chi connectivity index (χ2n) is 7.11. The van der Waals surface area contributed by atoms with Crippen molar-refractivity contribution >= 4 is 21.6 Å². The van der Waals surface area contributed by atoms with Gasteiger partial charge < -0.3 is 10.1 Å². The molecule has 0 unspecified atom stereocenters. The Labute approximate surface area is 172 Å². The highest BCUT2D eigenvalue weighted by Gasteiger charge is 2.26. The van der Waals surface area contributed by atoms with Gasteiger partial charge in [-0.15, -0.1) is 0 Å². The van der Waals surface area contributed by atoms with Crippen molar-refractivity contribution in [1.29, 1.82) is 0 Å². The molecule has 0 aromatic heterocycles. The van der Waals surface area contributed by atoms with Gasteiger partial charge in [0, 0.05) is 25.3 Å². The molecule has 1 heterocycles. The van der Waals surface area contributed by atoms with Crippen LogP contribution in [0.1, 0.15) is 12.5 Å². The number of nitrogens with zero attached hydrogens (tertiary/aromatic N) is 2. The van der Waals surface area contributed by atoms with Crippen molar-refractivity contribution in [2.45, 2.75) is 24.4 Å². The molecule has 1 aliphatic rings. The third kappa shape index (κ3) is 5.42. The zero-order chi connectivity index (χ0) is 20.9. The molecule has 8 heteroatoms. The van der Waals surface area contributed by atoms with Crippen LogP contribution >= 0.6 is 0 Å². The van der Waals surface area contributed by atoms with Crippen LogP contribution in [0.15, 0.2) is 59.5 Å². The van der Waals surface area contributed by atoms with Gasteiger partial charge in [0.15, 0.2) is 0 Å². The molecule has 29 heavy (non-hydrogen) atoms. The smallest absolute Gasteiger partial charge is 0.243 e. The highest BCUT2D eigenvalue weighted by atomic mass is 32.2. The first-order chi connectivity index (χ1) is 13.9. The molecular weight excluding hydrogens is 390 g/mol. The van der Waals surface area contributed by atoms with E-state index in [1.165, 1.54) is 16.4 Å². The molecule has 3 rings (SSSR count). The second-order valence-corrected chi connectivity index (χ2v) is 9.04. The molecule has 1 saturated heterocycles. The lowest BCUT2D eigenvalue weighted by molar-refractivity contribution is -0.120. The highest BCUT2D eigenvalue weighted by Crippen LogP contribution is 2.20. The molecule has 1 fully saturated rings. The normalized spacial score (nSPS) is 16.5. The van der Waals surface area contributed by atoms with E-state index in [1.54, 1.807) is 12.1 Å². The van der Waals surface area contributed by atoms with E-state index in [1.807, 2.05) is 49.2 Å². The Balaban J connectivity index is 1.60. The van der Waals surface area contributed by atoms with Gasteiger partial charge in [-0.1, -0.05) is 30.3 Å². The van der Waals surface area contributed by atoms with Crippen LogP contribution in [0.5, 0.6) is 0 Å². The van der Waals surface area contributed by atoms with E-state index in [-0.39, 0.29) is 16.8 Å². The topological polar surface area (TPSA) is 79.0 Å². The van der Waals surface area contributed by atoms with E-state index in [2.05, 4.69) is 5.32 Å². The Morgan fingerprint density at radius 3 is 2.34 bits per heavy atom. The van der Waals surface area contributed by atoms with Crippen LogP contribution < -0.4 is 5.32 Å². The molecule has 0 aliphatic carbocycles. The maximum absolute atomic E-state index is 12.7. The average Bonchev–Trinajstić information content (AvgIpc) is 2.75. The van der Waals surface area contributed by atoms with Crippen LogP contribution in [-0.2, 0) is 26.1 Å². The highest BCUT2D eigenvalue weighted by molar-refractivity contribution is 7.89. The van der Waals surface area contributed by atoms with Gasteiger partial charge in [0.1, 0.15) is 0 Å². The fourth-order valence-corrected chi connectivity index (χ4v) is 4.51. The van der Waals surface area contributed by atoms with Gasteiger partial charge >= 0.3 is 0 Å². The molecule has 2 aromatic carbocycles. The summed E-state index contributed by atoms with van der Waals surface area (Å²) < 4.78 is 32.0. The number of carbonyl (C=O) groups is 1. The minimum absolute atomic E-state index is 0.146.